The van der Waals surface area contributed by atoms with Gasteiger partial charge in [-0.3, -0.25) is 10.1 Å². The molecule has 27 heavy (non-hydrogen) atoms. The molecule has 0 amide bonds. The molecule has 0 radical (unpaired) electrons. The highest BCUT2D eigenvalue weighted by molar-refractivity contribution is 6.30. The van der Waals surface area contributed by atoms with Crippen molar-refractivity contribution in [2.45, 2.75) is 18.4 Å². The summed E-state index contributed by atoms with van der Waals surface area (Å²) in [4.78, 5) is 11.0. The van der Waals surface area contributed by atoms with Gasteiger partial charge in [-0.1, -0.05) is 48.0 Å². The van der Waals surface area contributed by atoms with Crippen molar-refractivity contribution in [2.24, 2.45) is 5.92 Å². The molecule has 1 aliphatic heterocycles. The SMILES string of the molecule is O=[N+]([O-])c1ccc2c(c1)[C@@H]1c3ccccc3C[C@H]1[C@@H](c1ccc(Cl)cc1)N2. The highest BCUT2D eigenvalue weighted by Gasteiger charge is 2.43. The molecule has 2 aliphatic rings. The molecule has 1 N–H and O–H groups in total. The third kappa shape index (κ3) is 2.60. The molecule has 0 fully saturated rings. The second-order valence-electron chi connectivity index (χ2n) is 7.25. The van der Waals surface area contributed by atoms with Crippen LogP contribution in [0.1, 0.15) is 34.2 Å². The molecule has 5 rings (SSSR count). The summed E-state index contributed by atoms with van der Waals surface area (Å²) in [6.45, 7) is 0. The summed E-state index contributed by atoms with van der Waals surface area (Å²) in [6.07, 6.45) is 0.948. The van der Waals surface area contributed by atoms with E-state index in [-0.39, 0.29) is 22.6 Å². The summed E-state index contributed by atoms with van der Waals surface area (Å²) in [7, 11) is 0. The number of hydrogen-bond donors (Lipinski definition) is 1. The smallest absolute Gasteiger partial charge is 0.269 e. The van der Waals surface area contributed by atoms with E-state index in [9.17, 15) is 10.1 Å². The Bertz CT molecular complexity index is 1050. The van der Waals surface area contributed by atoms with Crippen LogP contribution >= 0.6 is 11.6 Å². The molecular formula is C22H17ClN2O2. The maximum absolute atomic E-state index is 11.3. The molecule has 0 saturated carbocycles. The van der Waals surface area contributed by atoms with E-state index in [0.717, 1.165) is 22.7 Å². The summed E-state index contributed by atoms with van der Waals surface area (Å²) < 4.78 is 0. The molecule has 1 heterocycles. The zero-order valence-electron chi connectivity index (χ0n) is 14.4. The van der Waals surface area contributed by atoms with Gasteiger partial charge in [0.15, 0.2) is 0 Å². The molecule has 1 aliphatic carbocycles. The number of anilines is 1. The highest BCUT2D eigenvalue weighted by Crippen LogP contribution is 2.54. The van der Waals surface area contributed by atoms with Crippen molar-refractivity contribution in [1.29, 1.82) is 0 Å². The lowest BCUT2D eigenvalue weighted by atomic mass is 9.75. The number of nitro benzene ring substituents is 1. The van der Waals surface area contributed by atoms with E-state index in [0.29, 0.717) is 5.92 Å². The standard InChI is InChI=1S/C22H17ClN2O2/c23-15-7-5-13(6-8-15)22-19-11-14-3-1-2-4-17(14)21(19)18-12-16(25(26)27)9-10-20(18)24-22/h1-10,12,19,21-22,24H,11H2/t19-,21+,22-/m1/s1. The van der Waals surface area contributed by atoms with Crippen molar-refractivity contribution in [2.75, 3.05) is 5.32 Å². The largest absolute Gasteiger partial charge is 0.378 e. The Morgan fingerprint density at radius 3 is 2.56 bits per heavy atom. The summed E-state index contributed by atoms with van der Waals surface area (Å²) in [6, 6.07) is 21.7. The van der Waals surface area contributed by atoms with Crippen LogP contribution in [0.3, 0.4) is 0 Å². The molecule has 134 valence electrons. The number of nitrogens with one attached hydrogen (secondary N) is 1. The lowest BCUT2D eigenvalue weighted by Crippen LogP contribution is -2.30. The second-order valence-corrected chi connectivity index (χ2v) is 7.68. The number of non-ortho nitro benzene ring substituents is 1. The molecule has 3 atom stereocenters. The molecule has 0 saturated heterocycles. The van der Waals surface area contributed by atoms with Gasteiger partial charge in [0.2, 0.25) is 0 Å². The molecular weight excluding hydrogens is 360 g/mol. The minimum Gasteiger partial charge on any atom is -0.378 e. The van der Waals surface area contributed by atoms with Gasteiger partial charge in [0.25, 0.3) is 5.69 Å². The van der Waals surface area contributed by atoms with Gasteiger partial charge in [0.1, 0.15) is 0 Å². The number of halogens is 1. The van der Waals surface area contributed by atoms with Gasteiger partial charge in [-0.15, -0.1) is 0 Å². The van der Waals surface area contributed by atoms with Crippen LogP contribution in [0.5, 0.6) is 0 Å². The number of hydrogen-bond acceptors (Lipinski definition) is 3. The zero-order valence-corrected chi connectivity index (χ0v) is 15.2. The third-order valence-electron chi connectivity index (χ3n) is 5.82. The first-order valence-corrected chi connectivity index (χ1v) is 9.38. The number of nitro groups is 1. The molecule has 0 aromatic heterocycles. The molecule has 0 spiro atoms. The van der Waals surface area contributed by atoms with Gasteiger partial charge < -0.3 is 5.32 Å². The Morgan fingerprint density at radius 1 is 1.00 bits per heavy atom. The van der Waals surface area contributed by atoms with Crippen molar-refractivity contribution in [3.8, 4) is 0 Å². The van der Waals surface area contributed by atoms with Crippen molar-refractivity contribution in [3.63, 3.8) is 0 Å². The van der Waals surface area contributed by atoms with Crippen molar-refractivity contribution < 1.29 is 4.92 Å². The van der Waals surface area contributed by atoms with Crippen LogP contribution in [-0.2, 0) is 6.42 Å². The van der Waals surface area contributed by atoms with Crippen LogP contribution in [0.25, 0.3) is 0 Å². The predicted molar refractivity (Wildman–Crippen MR) is 106 cm³/mol. The van der Waals surface area contributed by atoms with E-state index in [1.165, 1.54) is 16.7 Å². The van der Waals surface area contributed by atoms with Crippen LogP contribution in [0.4, 0.5) is 11.4 Å². The average Bonchev–Trinajstić information content (AvgIpc) is 3.07. The second kappa shape index (κ2) is 6.10. The monoisotopic (exact) mass is 376 g/mol. The average molecular weight is 377 g/mol. The van der Waals surface area contributed by atoms with Crippen LogP contribution in [0, 0.1) is 16.0 Å². The number of rotatable bonds is 2. The van der Waals surface area contributed by atoms with Gasteiger partial charge in [-0.25, -0.2) is 0 Å². The summed E-state index contributed by atoms with van der Waals surface area (Å²) in [5.74, 6) is 0.455. The van der Waals surface area contributed by atoms with Crippen molar-refractivity contribution >= 4 is 23.0 Å². The van der Waals surface area contributed by atoms with Crippen molar-refractivity contribution in [3.05, 3.63) is 104 Å². The lowest BCUT2D eigenvalue weighted by Gasteiger charge is -2.37. The minimum atomic E-state index is -0.318. The summed E-state index contributed by atoms with van der Waals surface area (Å²) in [5, 5.41) is 15.7. The van der Waals surface area contributed by atoms with E-state index in [2.05, 4.69) is 41.7 Å². The van der Waals surface area contributed by atoms with Gasteiger partial charge in [-0.2, -0.15) is 0 Å². The number of benzene rings is 3. The van der Waals surface area contributed by atoms with Gasteiger partial charge in [-0.05, 0) is 52.8 Å². The maximum Gasteiger partial charge on any atom is 0.269 e. The zero-order chi connectivity index (χ0) is 18.5. The van der Waals surface area contributed by atoms with Gasteiger partial charge in [0.05, 0.1) is 11.0 Å². The minimum absolute atomic E-state index is 0.133. The highest BCUT2D eigenvalue weighted by atomic mass is 35.5. The molecule has 4 nitrogen and oxygen atoms in total. The van der Waals surface area contributed by atoms with E-state index in [1.807, 2.05) is 18.2 Å². The predicted octanol–water partition coefficient (Wildman–Crippen LogP) is 5.72. The normalized spacial score (nSPS) is 22.3. The first-order valence-electron chi connectivity index (χ1n) is 9.00. The van der Waals surface area contributed by atoms with Gasteiger partial charge in [0, 0.05) is 28.8 Å². The third-order valence-corrected chi connectivity index (χ3v) is 6.08. The fourth-order valence-electron chi connectivity index (χ4n) is 4.66. The topological polar surface area (TPSA) is 55.2 Å². The Morgan fingerprint density at radius 2 is 1.78 bits per heavy atom. The first kappa shape index (κ1) is 16.3. The van der Waals surface area contributed by atoms with E-state index in [4.69, 9.17) is 11.6 Å². The Hall–Kier alpha value is -2.85. The summed E-state index contributed by atoms with van der Waals surface area (Å²) >= 11 is 6.08. The first-order chi connectivity index (χ1) is 13.1. The van der Waals surface area contributed by atoms with E-state index in [1.54, 1.807) is 12.1 Å². The van der Waals surface area contributed by atoms with Crippen LogP contribution in [0.2, 0.25) is 5.02 Å². The quantitative estimate of drug-likeness (QED) is 0.459. The fraction of sp³-hybridized carbons (Fsp3) is 0.182. The molecule has 3 aromatic rings. The van der Waals surface area contributed by atoms with Gasteiger partial charge >= 0.3 is 0 Å². The van der Waals surface area contributed by atoms with Crippen LogP contribution < -0.4 is 5.32 Å². The number of nitrogens with zero attached hydrogens (tertiary/aromatic N) is 1. The Balaban J connectivity index is 1.68. The maximum atomic E-state index is 11.3. The van der Waals surface area contributed by atoms with E-state index < -0.39 is 0 Å². The number of fused-ring (bicyclic) bond motifs is 5. The van der Waals surface area contributed by atoms with Crippen LogP contribution in [0.15, 0.2) is 66.7 Å². The Labute approximate surface area is 161 Å². The molecule has 0 unspecified atom stereocenters. The molecule has 5 heteroatoms. The fourth-order valence-corrected chi connectivity index (χ4v) is 4.79. The van der Waals surface area contributed by atoms with Crippen LogP contribution in [-0.4, -0.2) is 4.92 Å². The van der Waals surface area contributed by atoms with Crippen molar-refractivity contribution in [1.82, 2.24) is 0 Å². The van der Waals surface area contributed by atoms with E-state index >= 15 is 0 Å². The summed E-state index contributed by atoms with van der Waals surface area (Å²) in [5.41, 5.74) is 5.93. The molecule has 3 aromatic carbocycles. The Kier molecular flexibility index (Phi) is 3.69. The lowest BCUT2D eigenvalue weighted by molar-refractivity contribution is -0.384. The molecule has 0 bridgehead atoms.